The minimum absolute atomic E-state index is 0.0241. The topological polar surface area (TPSA) is 85.7 Å². The predicted octanol–water partition coefficient (Wildman–Crippen LogP) is 0.773. The van der Waals surface area contributed by atoms with E-state index in [1.54, 1.807) is 4.52 Å². The molecule has 0 amide bonds. The number of hydrogen-bond donors (Lipinski definition) is 2. The van der Waals surface area contributed by atoms with Gasteiger partial charge >= 0.3 is 0 Å². The SMILES string of the molecule is C#C.Nc1ncnn2c(C3CCC(CO)O3)ccc12. The molecule has 2 aromatic heterocycles. The third-order valence-corrected chi connectivity index (χ3v) is 3.15. The van der Waals surface area contributed by atoms with E-state index in [9.17, 15) is 0 Å². The van der Waals surface area contributed by atoms with Crippen molar-refractivity contribution in [3.8, 4) is 12.8 Å². The second kappa shape index (κ2) is 5.69. The fraction of sp³-hybridized carbons (Fsp3) is 0.385. The van der Waals surface area contributed by atoms with Crippen LogP contribution in [0.2, 0.25) is 0 Å². The number of fused-ring (bicyclic) bond motifs is 1. The van der Waals surface area contributed by atoms with Gasteiger partial charge in [-0.15, -0.1) is 12.8 Å². The fourth-order valence-corrected chi connectivity index (χ4v) is 2.27. The van der Waals surface area contributed by atoms with Crippen molar-refractivity contribution in [2.24, 2.45) is 0 Å². The number of aromatic nitrogens is 3. The molecule has 2 unspecified atom stereocenters. The van der Waals surface area contributed by atoms with Crippen LogP contribution in [0.3, 0.4) is 0 Å². The van der Waals surface area contributed by atoms with E-state index in [-0.39, 0.29) is 18.8 Å². The van der Waals surface area contributed by atoms with Gasteiger partial charge in [0, 0.05) is 0 Å². The molecule has 6 nitrogen and oxygen atoms in total. The van der Waals surface area contributed by atoms with Crippen molar-refractivity contribution in [2.45, 2.75) is 25.0 Å². The van der Waals surface area contributed by atoms with Gasteiger partial charge in [0.05, 0.1) is 18.4 Å². The molecule has 2 aromatic rings. The van der Waals surface area contributed by atoms with Gasteiger partial charge in [-0.05, 0) is 25.0 Å². The van der Waals surface area contributed by atoms with E-state index in [0.717, 1.165) is 24.1 Å². The number of aliphatic hydroxyl groups excluding tert-OH is 1. The number of nitrogens with zero attached hydrogens (tertiary/aromatic N) is 3. The molecule has 0 aromatic carbocycles. The van der Waals surface area contributed by atoms with E-state index in [1.165, 1.54) is 6.33 Å². The molecule has 1 aliphatic rings. The highest BCUT2D eigenvalue weighted by Gasteiger charge is 2.28. The number of terminal acetylenes is 1. The van der Waals surface area contributed by atoms with E-state index >= 15 is 0 Å². The summed E-state index contributed by atoms with van der Waals surface area (Å²) in [4.78, 5) is 3.94. The number of rotatable bonds is 2. The zero-order valence-corrected chi connectivity index (χ0v) is 10.4. The maximum Gasteiger partial charge on any atom is 0.151 e. The predicted molar refractivity (Wildman–Crippen MR) is 71.2 cm³/mol. The lowest BCUT2D eigenvalue weighted by atomic mass is 10.1. The average molecular weight is 260 g/mol. The van der Waals surface area contributed by atoms with Crippen LogP contribution in [0.4, 0.5) is 5.82 Å². The maximum absolute atomic E-state index is 9.06. The first-order valence-electron chi connectivity index (χ1n) is 5.97. The van der Waals surface area contributed by atoms with E-state index in [2.05, 4.69) is 22.9 Å². The van der Waals surface area contributed by atoms with Crippen LogP contribution in [0.1, 0.15) is 24.6 Å². The molecule has 0 bridgehead atoms. The molecule has 6 heteroatoms. The first-order valence-corrected chi connectivity index (χ1v) is 5.97. The average Bonchev–Trinajstić information content (AvgIpc) is 3.07. The van der Waals surface area contributed by atoms with Crippen LogP contribution < -0.4 is 5.73 Å². The normalized spacial score (nSPS) is 22.1. The molecule has 100 valence electrons. The lowest BCUT2D eigenvalue weighted by Gasteiger charge is -2.11. The Labute approximate surface area is 111 Å². The van der Waals surface area contributed by atoms with E-state index in [0.29, 0.717) is 5.82 Å². The van der Waals surface area contributed by atoms with Crippen molar-refractivity contribution in [1.29, 1.82) is 0 Å². The summed E-state index contributed by atoms with van der Waals surface area (Å²) in [6.07, 6.45) is 11.1. The number of nitrogens with two attached hydrogens (primary N) is 1. The highest BCUT2D eigenvalue weighted by molar-refractivity contribution is 5.65. The molecule has 0 radical (unpaired) electrons. The van der Waals surface area contributed by atoms with Crippen molar-refractivity contribution < 1.29 is 9.84 Å². The molecule has 19 heavy (non-hydrogen) atoms. The Bertz CT molecular complexity index is 578. The zero-order valence-electron chi connectivity index (χ0n) is 10.4. The molecule has 2 atom stereocenters. The summed E-state index contributed by atoms with van der Waals surface area (Å²) >= 11 is 0. The van der Waals surface area contributed by atoms with E-state index < -0.39 is 0 Å². The summed E-state index contributed by atoms with van der Waals surface area (Å²) in [6.45, 7) is 0.0664. The van der Waals surface area contributed by atoms with Gasteiger partial charge in [-0.25, -0.2) is 9.50 Å². The third kappa shape index (κ3) is 2.38. The molecule has 0 aliphatic carbocycles. The minimum atomic E-state index is -0.0651. The molecule has 3 heterocycles. The lowest BCUT2D eigenvalue weighted by molar-refractivity contribution is 0.00856. The van der Waals surface area contributed by atoms with Crippen LogP contribution in [0, 0.1) is 12.8 Å². The van der Waals surface area contributed by atoms with Crippen molar-refractivity contribution in [1.82, 2.24) is 14.6 Å². The lowest BCUT2D eigenvalue weighted by Crippen LogP contribution is -2.12. The minimum Gasteiger partial charge on any atom is -0.394 e. The van der Waals surface area contributed by atoms with Crippen LogP contribution >= 0.6 is 0 Å². The molecule has 0 spiro atoms. The molecule has 3 N–H and O–H groups in total. The number of aliphatic hydroxyl groups is 1. The van der Waals surface area contributed by atoms with Gasteiger partial charge in [0.2, 0.25) is 0 Å². The van der Waals surface area contributed by atoms with E-state index in [4.69, 9.17) is 15.6 Å². The van der Waals surface area contributed by atoms with Crippen LogP contribution in [-0.2, 0) is 4.74 Å². The van der Waals surface area contributed by atoms with Gasteiger partial charge in [0.1, 0.15) is 17.9 Å². The standard InChI is InChI=1S/C11H14N4O2.C2H2/c12-11-9-3-2-8(15(9)14-6-13-11)10-4-1-7(5-16)17-10;1-2/h2-3,6-7,10,16H,1,4-5H2,(H2,12,13,14);1-2H. The smallest absolute Gasteiger partial charge is 0.151 e. The Kier molecular flexibility index (Phi) is 4.00. The summed E-state index contributed by atoms with van der Waals surface area (Å²) in [5.74, 6) is 0.461. The summed E-state index contributed by atoms with van der Waals surface area (Å²) < 4.78 is 7.49. The summed E-state index contributed by atoms with van der Waals surface area (Å²) in [7, 11) is 0. The third-order valence-electron chi connectivity index (χ3n) is 3.15. The van der Waals surface area contributed by atoms with Crippen LogP contribution in [0.5, 0.6) is 0 Å². The Hall–Kier alpha value is -2.10. The largest absolute Gasteiger partial charge is 0.394 e. The van der Waals surface area contributed by atoms with Crippen molar-refractivity contribution in [2.75, 3.05) is 12.3 Å². The first kappa shape index (κ1) is 13.3. The van der Waals surface area contributed by atoms with E-state index in [1.807, 2.05) is 12.1 Å². The second-order valence-electron chi connectivity index (χ2n) is 4.21. The van der Waals surface area contributed by atoms with Crippen LogP contribution in [-0.4, -0.2) is 32.4 Å². The number of nitrogen functional groups attached to an aromatic ring is 1. The number of ether oxygens (including phenoxy) is 1. The van der Waals surface area contributed by atoms with Gasteiger partial charge in [-0.1, -0.05) is 0 Å². The summed E-state index contributed by atoms with van der Waals surface area (Å²) in [5.41, 5.74) is 7.52. The Morgan fingerprint density at radius 3 is 2.89 bits per heavy atom. The van der Waals surface area contributed by atoms with Gasteiger partial charge in [-0.2, -0.15) is 5.10 Å². The monoisotopic (exact) mass is 260 g/mol. The highest BCUT2D eigenvalue weighted by atomic mass is 16.5. The number of anilines is 1. The molecule has 1 aliphatic heterocycles. The van der Waals surface area contributed by atoms with Crippen molar-refractivity contribution in [3.63, 3.8) is 0 Å². The first-order chi connectivity index (χ1) is 9.29. The second-order valence-corrected chi connectivity index (χ2v) is 4.21. The maximum atomic E-state index is 9.06. The molecule has 1 fully saturated rings. The molecular formula is C13H16N4O2. The fourth-order valence-electron chi connectivity index (χ4n) is 2.27. The molecular weight excluding hydrogens is 244 g/mol. The van der Waals surface area contributed by atoms with Gasteiger partial charge in [0.15, 0.2) is 5.82 Å². The molecule has 0 saturated carbocycles. The Balaban J connectivity index is 0.000000637. The zero-order chi connectivity index (χ0) is 13.8. The van der Waals surface area contributed by atoms with Gasteiger partial charge in [0.25, 0.3) is 0 Å². The summed E-state index contributed by atoms with van der Waals surface area (Å²) in [5, 5.41) is 13.2. The van der Waals surface area contributed by atoms with Gasteiger partial charge in [-0.3, -0.25) is 0 Å². The highest BCUT2D eigenvalue weighted by Crippen LogP contribution is 2.33. The van der Waals surface area contributed by atoms with Crippen LogP contribution in [0.25, 0.3) is 5.52 Å². The van der Waals surface area contributed by atoms with Crippen molar-refractivity contribution >= 4 is 11.3 Å². The molecule has 1 saturated heterocycles. The van der Waals surface area contributed by atoms with Crippen LogP contribution in [0.15, 0.2) is 18.5 Å². The quantitative estimate of drug-likeness (QED) is 0.779. The van der Waals surface area contributed by atoms with Crippen molar-refractivity contribution in [3.05, 3.63) is 24.2 Å². The number of hydrogen-bond acceptors (Lipinski definition) is 5. The Morgan fingerprint density at radius 2 is 2.21 bits per heavy atom. The van der Waals surface area contributed by atoms with Gasteiger partial charge < -0.3 is 15.6 Å². The Morgan fingerprint density at radius 1 is 1.42 bits per heavy atom. The summed E-state index contributed by atoms with van der Waals surface area (Å²) in [6, 6.07) is 3.84. The molecule has 3 rings (SSSR count).